The van der Waals surface area contributed by atoms with Crippen molar-refractivity contribution < 1.29 is 0 Å². The first-order valence-corrected chi connectivity index (χ1v) is 3.34. The molecule has 0 aromatic rings. The van der Waals surface area contributed by atoms with Gasteiger partial charge in [0.1, 0.15) is 0 Å². The van der Waals surface area contributed by atoms with Crippen LogP contribution in [0.3, 0.4) is 0 Å². The number of rotatable bonds is 0. The van der Waals surface area contributed by atoms with Gasteiger partial charge in [0.25, 0.3) is 0 Å². The molecule has 0 radical (unpaired) electrons. The molecule has 1 nitrogen and oxygen atoms in total. The Bertz CT molecular complexity index is 115. The molecule has 38 valence electrons. The third-order valence-electron chi connectivity index (χ3n) is 0.814. The van der Waals surface area contributed by atoms with Gasteiger partial charge in [0, 0.05) is 6.54 Å². The molecule has 1 aliphatic rings. The first kappa shape index (κ1) is 5.28. The fraction of sp³-hybridized carbons (Fsp3) is 0.400. The minimum Gasteiger partial charge on any atom is -0.279 e. The molecule has 0 aromatic heterocycles. The minimum atomic E-state index is 0.981. The van der Waals surface area contributed by atoms with Gasteiger partial charge in [-0.25, -0.2) is 0 Å². The summed E-state index contributed by atoms with van der Waals surface area (Å²) >= 11 is 2.22. The number of allylic oxidation sites excluding steroid dienone is 1. The van der Waals surface area contributed by atoms with Crippen LogP contribution in [-0.2, 0) is 0 Å². The number of aliphatic imine (C=N–C) groups is 1. The quantitative estimate of drug-likeness (QED) is 0.537. The van der Waals surface area contributed by atoms with Crippen LogP contribution in [0, 0.1) is 0 Å². The van der Waals surface area contributed by atoms with Crippen LogP contribution in [-0.4, -0.2) is 10.3 Å². The summed E-state index contributed by atoms with van der Waals surface area (Å²) in [4.78, 5) is 4.15. The normalized spacial score (nSPS) is 19.3. The lowest BCUT2D eigenvalue weighted by molar-refractivity contribution is 1.00. The zero-order chi connectivity index (χ0) is 5.11. The summed E-state index contributed by atoms with van der Waals surface area (Å²) in [5, 5.41) is 0. The van der Waals surface area contributed by atoms with Crippen molar-refractivity contribution in [2.45, 2.75) is 6.42 Å². The second kappa shape index (κ2) is 2.45. The Morgan fingerprint density at radius 2 is 2.57 bits per heavy atom. The van der Waals surface area contributed by atoms with Crippen molar-refractivity contribution in [1.29, 1.82) is 0 Å². The molecule has 7 heavy (non-hydrogen) atoms. The highest BCUT2D eigenvalue weighted by molar-refractivity contribution is 14.1. The molecule has 0 N–H and O–H groups in total. The Kier molecular flexibility index (Phi) is 1.85. The summed E-state index contributed by atoms with van der Waals surface area (Å²) in [6.07, 6.45) is 5.31. The lowest BCUT2D eigenvalue weighted by Gasteiger charge is -1.95. The van der Waals surface area contributed by atoms with E-state index in [0.29, 0.717) is 0 Å². The van der Waals surface area contributed by atoms with Crippen LogP contribution in [0.15, 0.2) is 17.1 Å². The molecule has 0 spiro atoms. The van der Waals surface area contributed by atoms with Gasteiger partial charge in [-0.05, 0) is 35.1 Å². The van der Waals surface area contributed by atoms with E-state index in [1.807, 2.05) is 6.08 Å². The Labute approximate surface area is 56.7 Å². The van der Waals surface area contributed by atoms with Crippen LogP contribution in [0.4, 0.5) is 0 Å². The van der Waals surface area contributed by atoms with Crippen LogP contribution in [0.5, 0.6) is 0 Å². The molecule has 0 saturated heterocycles. The standard InChI is InChI=1S/C5H6IN/c6-5-3-1-2-4-7-5/h1,3H,2,4H2. The van der Waals surface area contributed by atoms with E-state index >= 15 is 0 Å². The zero-order valence-electron chi connectivity index (χ0n) is 3.89. The first-order valence-electron chi connectivity index (χ1n) is 2.26. The molecular weight excluding hydrogens is 201 g/mol. The van der Waals surface area contributed by atoms with Crippen molar-refractivity contribution in [1.82, 2.24) is 0 Å². The van der Waals surface area contributed by atoms with Gasteiger partial charge in [0.2, 0.25) is 0 Å². The van der Waals surface area contributed by atoms with E-state index in [1.165, 1.54) is 0 Å². The van der Waals surface area contributed by atoms with Crippen molar-refractivity contribution in [3.05, 3.63) is 12.2 Å². The van der Waals surface area contributed by atoms with Crippen molar-refractivity contribution in [2.75, 3.05) is 6.54 Å². The van der Waals surface area contributed by atoms with Gasteiger partial charge in [-0.15, -0.1) is 0 Å². The Balaban J connectivity index is 2.58. The van der Waals surface area contributed by atoms with Gasteiger partial charge < -0.3 is 0 Å². The maximum atomic E-state index is 4.15. The van der Waals surface area contributed by atoms with E-state index in [9.17, 15) is 0 Å². The topological polar surface area (TPSA) is 12.4 Å². The molecular formula is C5H6IN. The van der Waals surface area contributed by atoms with E-state index in [1.54, 1.807) is 0 Å². The van der Waals surface area contributed by atoms with Crippen molar-refractivity contribution in [2.24, 2.45) is 4.99 Å². The van der Waals surface area contributed by atoms with Crippen LogP contribution >= 0.6 is 22.6 Å². The van der Waals surface area contributed by atoms with Crippen molar-refractivity contribution >= 4 is 26.3 Å². The molecule has 0 unspecified atom stereocenters. The highest BCUT2D eigenvalue weighted by atomic mass is 127. The summed E-state index contributed by atoms with van der Waals surface area (Å²) in [7, 11) is 0. The predicted octanol–water partition coefficient (Wildman–Crippen LogP) is 1.78. The van der Waals surface area contributed by atoms with Gasteiger partial charge >= 0.3 is 0 Å². The fourth-order valence-electron chi connectivity index (χ4n) is 0.479. The van der Waals surface area contributed by atoms with Gasteiger partial charge in [-0.2, -0.15) is 0 Å². The smallest absolute Gasteiger partial charge is 0.0950 e. The predicted molar refractivity (Wildman–Crippen MR) is 40.1 cm³/mol. The molecule has 2 heteroatoms. The lowest BCUT2D eigenvalue weighted by atomic mass is 10.3. The van der Waals surface area contributed by atoms with Crippen LogP contribution < -0.4 is 0 Å². The Hall–Kier alpha value is 0.140. The summed E-state index contributed by atoms with van der Waals surface area (Å²) in [6.45, 7) is 0.981. The monoisotopic (exact) mass is 207 g/mol. The molecule has 0 saturated carbocycles. The van der Waals surface area contributed by atoms with E-state index < -0.39 is 0 Å². The second-order valence-corrected chi connectivity index (χ2v) is 2.50. The summed E-state index contributed by atoms with van der Waals surface area (Å²) in [5.41, 5.74) is 0. The van der Waals surface area contributed by atoms with Crippen LogP contribution in [0.2, 0.25) is 0 Å². The zero-order valence-corrected chi connectivity index (χ0v) is 6.05. The van der Waals surface area contributed by atoms with Gasteiger partial charge in [0.05, 0.1) is 3.72 Å². The molecule has 1 aliphatic heterocycles. The van der Waals surface area contributed by atoms with Gasteiger partial charge in [-0.1, -0.05) is 6.08 Å². The number of halogens is 1. The van der Waals surface area contributed by atoms with E-state index in [4.69, 9.17) is 0 Å². The molecule has 0 bridgehead atoms. The lowest BCUT2D eigenvalue weighted by Crippen LogP contribution is -1.89. The van der Waals surface area contributed by atoms with E-state index in [2.05, 4.69) is 33.7 Å². The molecule has 1 heterocycles. The van der Waals surface area contributed by atoms with E-state index in [-0.39, 0.29) is 0 Å². The highest BCUT2D eigenvalue weighted by Gasteiger charge is 1.89. The third-order valence-corrected chi connectivity index (χ3v) is 1.51. The molecule has 0 amide bonds. The SMILES string of the molecule is IC1=NCCC=C1. The van der Waals surface area contributed by atoms with Gasteiger partial charge in [0.15, 0.2) is 0 Å². The Morgan fingerprint density at radius 3 is 2.86 bits per heavy atom. The maximum Gasteiger partial charge on any atom is 0.0950 e. The molecule has 1 rings (SSSR count). The average molecular weight is 207 g/mol. The first-order chi connectivity index (χ1) is 3.39. The number of dihydropyridines is 1. The van der Waals surface area contributed by atoms with Crippen molar-refractivity contribution in [3.63, 3.8) is 0 Å². The number of hydrogen-bond donors (Lipinski definition) is 0. The Morgan fingerprint density at radius 1 is 1.71 bits per heavy atom. The molecule has 0 aromatic carbocycles. The summed E-state index contributed by atoms with van der Waals surface area (Å²) in [6, 6.07) is 0. The summed E-state index contributed by atoms with van der Waals surface area (Å²) < 4.78 is 1.13. The molecule has 0 fully saturated rings. The van der Waals surface area contributed by atoms with Gasteiger partial charge in [-0.3, -0.25) is 4.99 Å². The average Bonchev–Trinajstić information content (AvgIpc) is 1.69. The number of hydrogen-bond acceptors (Lipinski definition) is 1. The molecule has 0 aliphatic carbocycles. The molecule has 0 atom stereocenters. The van der Waals surface area contributed by atoms with Crippen LogP contribution in [0.25, 0.3) is 0 Å². The maximum absolute atomic E-state index is 4.15. The highest BCUT2D eigenvalue weighted by Crippen LogP contribution is 2.00. The minimum absolute atomic E-state index is 0.981. The van der Waals surface area contributed by atoms with E-state index in [0.717, 1.165) is 16.7 Å². The second-order valence-electron chi connectivity index (χ2n) is 1.40. The largest absolute Gasteiger partial charge is 0.279 e. The van der Waals surface area contributed by atoms with Crippen LogP contribution in [0.1, 0.15) is 6.42 Å². The number of nitrogens with zero attached hydrogens (tertiary/aromatic N) is 1. The third kappa shape index (κ3) is 1.59. The fourth-order valence-corrected chi connectivity index (χ4v) is 0.975. The summed E-state index contributed by atoms with van der Waals surface area (Å²) in [5.74, 6) is 0. The van der Waals surface area contributed by atoms with Crippen molar-refractivity contribution in [3.8, 4) is 0 Å².